The van der Waals surface area contributed by atoms with E-state index in [1.54, 1.807) is 0 Å². The molecular formula is C23H25NO5S. The minimum absolute atomic E-state index is 0.0479. The van der Waals surface area contributed by atoms with Crippen molar-refractivity contribution >= 4 is 11.3 Å². The molecule has 0 radical (unpaired) electrons. The van der Waals surface area contributed by atoms with E-state index in [4.69, 9.17) is 9.47 Å². The highest BCUT2D eigenvalue weighted by atomic mass is 32.1. The molecule has 7 heteroatoms. The Balaban J connectivity index is 1.39. The summed E-state index contributed by atoms with van der Waals surface area (Å²) < 4.78 is 12.2. The lowest BCUT2D eigenvalue weighted by Gasteiger charge is -2.30. The normalized spacial score (nSPS) is 15.5. The van der Waals surface area contributed by atoms with Crippen LogP contribution < -0.4 is 14.3 Å². The van der Waals surface area contributed by atoms with E-state index in [1.165, 1.54) is 0 Å². The van der Waals surface area contributed by atoms with Gasteiger partial charge in [-0.05, 0) is 68.0 Å². The Kier molecular flexibility index (Phi) is 5.47. The van der Waals surface area contributed by atoms with E-state index in [0.29, 0.717) is 23.7 Å². The van der Waals surface area contributed by atoms with Crippen LogP contribution in [-0.4, -0.2) is 27.9 Å². The van der Waals surface area contributed by atoms with Crippen molar-refractivity contribution in [3.63, 3.8) is 0 Å². The molecule has 2 heterocycles. The fraction of sp³-hybridized carbons (Fsp3) is 0.348. The second kappa shape index (κ2) is 8.07. The maximum absolute atomic E-state index is 11.3. The molecule has 4 rings (SSSR count). The zero-order chi connectivity index (χ0) is 21.4. The van der Waals surface area contributed by atoms with Crippen LogP contribution in [0.4, 0.5) is 0 Å². The minimum Gasteiger partial charge on any atom is -0.507 e. The first kappa shape index (κ1) is 20.3. The van der Waals surface area contributed by atoms with Crippen molar-refractivity contribution in [2.45, 2.75) is 46.1 Å². The van der Waals surface area contributed by atoms with Gasteiger partial charge in [0.05, 0.1) is 4.88 Å². The number of fused-ring (bicyclic) bond motifs is 1. The SMILES string of the molecule is Cc1c(C)c2c(c(C)c1O)CCC(COc1ccc(Cc3sc(=O)[nH]c3O)cc1)O2. The maximum atomic E-state index is 11.3. The molecule has 1 aromatic heterocycles. The van der Waals surface area contributed by atoms with Crippen LogP contribution in [0.15, 0.2) is 29.1 Å². The maximum Gasteiger partial charge on any atom is 0.307 e. The monoisotopic (exact) mass is 427 g/mol. The number of benzene rings is 2. The number of aromatic amines is 1. The van der Waals surface area contributed by atoms with Crippen LogP contribution in [0.3, 0.4) is 0 Å². The molecule has 3 N–H and O–H groups in total. The molecule has 1 aliphatic rings. The summed E-state index contributed by atoms with van der Waals surface area (Å²) >= 11 is 1.02. The average molecular weight is 428 g/mol. The van der Waals surface area contributed by atoms with E-state index < -0.39 is 0 Å². The number of ether oxygens (including phenoxy) is 2. The summed E-state index contributed by atoms with van der Waals surface area (Å²) in [6.45, 7) is 6.27. The topological polar surface area (TPSA) is 91.8 Å². The summed E-state index contributed by atoms with van der Waals surface area (Å²) in [6.07, 6.45) is 2.13. The molecule has 6 nitrogen and oxygen atoms in total. The smallest absolute Gasteiger partial charge is 0.307 e. The van der Waals surface area contributed by atoms with Gasteiger partial charge in [-0.2, -0.15) is 0 Å². The summed E-state index contributed by atoms with van der Waals surface area (Å²) in [7, 11) is 0. The van der Waals surface area contributed by atoms with Crippen LogP contribution in [0.5, 0.6) is 23.1 Å². The highest BCUT2D eigenvalue weighted by Gasteiger charge is 2.26. The second-order valence-electron chi connectivity index (χ2n) is 7.73. The van der Waals surface area contributed by atoms with Gasteiger partial charge >= 0.3 is 4.87 Å². The predicted molar refractivity (Wildman–Crippen MR) is 116 cm³/mol. The fourth-order valence-electron chi connectivity index (χ4n) is 3.83. The van der Waals surface area contributed by atoms with Gasteiger partial charge in [0.2, 0.25) is 5.88 Å². The zero-order valence-corrected chi connectivity index (χ0v) is 18.1. The number of phenols is 1. The molecule has 1 aliphatic heterocycles. The van der Waals surface area contributed by atoms with Crippen molar-refractivity contribution in [2.24, 2.45) is 0 Å². The molecule has 1 atom stereocenters. The molecule has 0 saturated carbocycles. The number of hydrogen-bond donors (Lipinski definition) is 3. The number of phenolic OH excluding ortho intramolecular Hbond substituents is 1. The Hall–Kier alpha value is -2.93. The molecule has 0 saturated heterocycles. The number of aromatic nitrogens is 1. The van der Waals surface area contributed by atoms with Gasteiger partial charge in [-0.1, -0.05) is 23.5 Å². The van der Waals surface area contributed by atoms with Gasteiger partial charge in [0, 0.05) is 12.0 Å². The van der Waals surface area contributed by atoms with Crippen molar-refractivity contribution in [2.75, 3.05) is 6.61 Å². The van der Waals surface area contributed by atoms with Gasteiger partial charge in [0.25, 0.3) is 0 Å². The van der Waals surface area contributed by atoms with E-state index in [2.05, 4.69) is 4.98 Å². The van der Waals surface area contributed by atoms with Crippen molar-refractivity contribution < 1.29 is 19.7 Å². The number of hydrogen-bond acceptors (Lipinski definition) is 6. The van der Waals surface area contributed by atoms with E-state index >= 15 is 0 Å². The van der Waals surface area contributed by atoms with E-state index in [9.17, 15) is 15.0 Å². The van der Waals surface area contributed by atoms with Crippen molar-refractivity contribution in [3.8, 4) is 23.1 Å². The summed E-state index contributed by atoms with van der Waals surface area (Å²) in [4.78, 5) is 14.0. The molecule has 1 unspecified atom stereocenters. The lowest BCUT2D eigenvalue weighted by atomic mass is 9.92. The third-order valence-electron chi connectivity index (χ3n) is 5.77. The van der Waals surface area contributed by atoms with Gasteiger partial charge in [0.1, 0.15) is 30.0 Å². The molecule has 0 spiro atoms. The van der Waals surface area contributed by atoms with Gasteiger partial charge in [-0.3, -0.25) is 9.78 Å². The van der Waals surface area contributed by atoms with Crippen LogP contribution in [0.25, 0.3) is 0 Å². The summed E-state index contributed by atoms with van der Waals surface area (Å²) in [6, 6.07) is 7.62. The van der Waals surface area contributed by atoms with Crippen molar-refractivity contribution in [3.05, 3.63) is 66.6 Å². The van der Waals surface area contributed by atoms with Crippen LogP contribution in [0, 0.1) is 20.8 Å². The van der Waals surface area contributed by atoms with Crippen molar-refractivity contribution in [1.82, 2.24) is 4.98 Å². The zero-order valence-electron chi connectivity index (χ0n) is 17.2. The van der Waals surface area contributed by atoms with E-state index in [1.807, 2.05) is 45.0 Å². The lowest BCUT2D eigenvalue weighted by Crippen LogP contribution is -2.30. The molecule has 30 heavy (non-hydrogen) atoms. The Morgan fingerprint density at radius 2 is 1.87 bits per heavy atom. The summed E-state index contributed by atoms with van der Waals surface area (Å²) in [5, 5.41) is 20.0. The van der Waals surface area contributed by atoms with E-state index in [0.717, 1.165) is 63.5 Å². The summed E-state index contributed by atoms with van der Waals surface area (Å²) in [5.41, 5.74) is 4.82. The number of aromatic hydroxyl groups is 2. The first-order valence-corrected chi connectivity index (χ1v) is 10.8. The highest BCUT2D eigenvalue weighted by Crippen LogP contribution is 2.40. The third kappa shape index (κ3) is 3.89. The molecule has 0 fully saturated rings. The third-order valence-corrected chi connectivity index (χ3v) is 6.64. The van der Waals surface area contributed by atoms with Crippen LogP contribution >= 0.6 is 11.3 Å². The predicted octanol–water partition coefficient (Wildman–Crippen LogP) is 4.14. The van der Waals surface area contributed by atoms with Crippen LogP contribution in [0.1, 0.15) is 39.1 Å². The number of nitrogens with one attached hydrogen (secondary N) is 1. The molecule has 0 amide bonds. The first-order chi connectivity index (χ1) is 14.3. The summed E-state index contributed by atoms with van der Waals surface area (Å²) in [5.74, 6) is 1.93. The van der Waals surface area contributed by atoms with Crippen LogP contribution in [0.2, 0.25) is 0 Å². The number of H-pyrrole nitrogens is 1. The fourth-order valence-corrected chi connectivity index (χ4v) is 4.59. The van der Waals surface area contributed by atoms with Gasteiger partial charge in [-0.15, -0.1) is 0 Å². The molecule has 2 aromatic carbocycles. The molecule has 0 aliphatic carbocycles. The first-order valence-electron chi connectivity index (χ1n) is 9.94. The number of rotatable bonds is 5. The Labute approximate surface area is 178 Å². The van der Waals surface area contributed by atoms with Crippen molar-refractivity contribution in [1.29, 1.82) is 0 Å². The van der Waals surface area contributed by atoms with Crippen LogP contribution in [-0.2, 0) is 12.8 Å². The Bertz CT molecular complexity index is 1130. The van der Waals surface area contributed by atoms with Gasteiger partial charge < -0.3 is 19.7 Å². The molecule has 3 aromatic rings. The minimum atomic E-state index is -0.257. The largest absolute Gasteiger partial charge is 0.507 e. The van der Waals surface area contributed by atoms with Gasteiger partial charge in [-0.25, -0.2) is 0 Å². The Morgan fingerprint density at radius 1 is 1.13 bits per heavy atom. The number of thiazole rings is 1. The molecule has 158 valence electrons. The lowest BCUT2D eigenvalue weighted by molar-refractivity contribution is 0.108. The average Bonchev–Trinajstić information content (AvgIpc) is 3.06. The van der Waals surface area contributed by atoms with E-state index in [-0.39, 0.29) is 16.9 Å². The second-order valence-corrected chi connectivity index (χ2v) is 8.80. The Morgan fingerprint density at radius 3 is 2.53 bits per heavy atom. The standard InChI is InChI=1S/C23H25NO5S/c1-12-13(2)21-18(14(3)20(12)25)9-8-17(29-21)11-28-16-6-4-15(5-7-16)10-19-22(26)24-23(27)30-19/h4-7,17,25-26H,8-11H2,1-3H3,(H,24,27). The molecular weight excluding hydrogens is 402 g/mol. The molecule has 0 bridgehead atoms. The quantitative estimate of drug-likeness (QED) is 0.569. The highest BCUT2D eigenvalue weighted by molar-refractivity contribution is 7.09. The van der Waals surface area contributed by atoms with Gasteiger partial charge in [0.15, 0.2) is 0 Å².